The number of nitrogens with zero attached hydrogens (tertiary/aromatic N) is 1. The average molecular weight is 374 g/mol. The van der Waals surface area contributed by atoms with Crippen LogP contribution in [0.15, 0.2) is 30.5 Å². The number of nitrogens with one attached hydrogen (secondary N) is 1. The minimum Gasteiger partial charge on any atom is -0.365 e. The maximum Gasteiger partial charge on any atom is 0.252 e. The summed E-state index contributed by atoms with van der Waals surface area (Å²) in [5.41, 5.74) is 6.45. The Morgan fingerprint density at radius 2 is 2.04 bits per heavy atom. The highest BCUT2D eigenvalue weighted by atomic mass is 35.5. The van der Waals surface area contributed by atoms with Gasteiger partial charge in [0.25, 0.3) is 5.91 Å². The topological polar surface area (TPSA) is 109 Å². The van der Waals surface area contributed by atoms with Gasteiger partial charge in [0, 0.05) is 17.8 Å². The van der Waals surface area contributed by atoms with Crippen LogP contribution in [-0.4, -0.2) is 19.2 Å². The van der Waals surface area contributed by atoms with E-state index in [1.54, 1.807) is 18.2 Å². The van der Waals surface area contributed by atoms with E-state index in [-0.39, 0.29) is 28.4 Å². The number of aromatic nitrogens is 1. The Labute approximate surface area is 144 Å². The molecule has 0 spiro atoms. The lowest BCUT2D eigenvalue weighted by Gasteiger charge is -2.11. The van der Waals surface area contributed by atoms with Gasteiger partial charge >= 0.3 is 0 Å². The van der Waals surface area contributed by atoms with Crippen LogP contribution in [0.2, 0.25) is 10.0 Å². The minimum atomic E-state index is -2.01. The molecule has 1 atom stereocenters. The van der Waals surface area contributed by atoms with Crippen LogP contribution in [0.5, 0.6) is 0 Å². The molecule has 2 aromatic rings. The Bertz CT molecular complexity index is 852. The molecular weight excluding hydrogens is 361 g/mol. The molecule has 6 nitrogen and oxygen atoms in total. The summed E-state index contributed by atoms with van der Waals surface area (Å²) in [5.74, 6) is -0.827. The second kappa shape index (κ2) is 7.27. The van der Waals surface area contributed by atoms with E-state index in [0.29, 0.717) is 10.6 Å². The van der Waals surface area contributed by atoms with Crippen molar-refractivity contribution >= 4 is 40.2 Å². The van der Waals surface area contributed by atoms with E-state index >= 15 is 0 Å². The molecule has 1 aromatic heterocycles. The van der Waals surface area contributed by atoms with Crippen molar-refractivity contribution in [1.82, 2.24) is 4.57 Å². The molecule has 1 unspecified atom stereocenters. The normalized spacial score (nSPS) is 12.1. The van der Waals surface area contributed by atoms with Gasteiger partial charge in [0.1, 0.15) is 5.49 Å². The number of primary amides is 1. The monoisotopic (exact) mass is 373 g/mol. The number of rotatable bonds is 5. The zero-order chi connectivity index (χ0) is 17.1. The Balaban J connectivity index is 2.42. The first-order valence-corrected chi connectivity index (χ1v) is 8.40. The molecule has 0 aliphatic rings. The maximum absolute atomic E-state index is 11.3. The van der Waals surface area contributed by atoms with Crippen LogP contribution in [0.4, 0.5) is 0 Å². The molecule has 0 saturated heterocycles. The number of pyridine rings is 1. The third-order valence-corrected chi connectivity index (χ3v) is 4.24. The minimum absolute atomic E-state index is 0.0168. The Morgan fingerprint density at radius 3 is 2.65 bits per heavy atom. The van der Waals surface area contributed by atoms with Crippen molar-refractivity contribution in [2.45, 2.75) is 12.3 Å². The highest BCUT2D eigenvalue weighted by Crippen LogP contribution is 2.20. The zero-order valence-electron chi connectivity index (χ0n) is 11.8. The maximum atomic E-state index is 11.3. The lowest BCUT2D eigenvalue weighted by Crippen LogP contribution is -2.29. The number of halogens is 2. The number of carbonyl (C=O) groups is 1. The van der Waals surface area contributed by atoms with Crippen LogP contribution >= 0.6 is 23.2 Å². The quantitative estimate of drug-likeness (QED) is 0.698. The molecule has 0 saturated carbocycles. The van der Waals surface area contributed by atoms with Crippen molar-refractivity contribution in [2.24, 2.45) is 5.73 Å². The molecule has 9 heteroatoms. The van der Waals surface area contributed by atoms with Crippen molar-refractivity contribution in [3.8, 4) is 0 Å². The van der Waals surface area contributed by atoms with Gasteiger partial charge in [-0.05, 0) is 23.3 Å². The molecular formula is C14H13Cl2N3O3S. The summed E-state index contributed by atoms with van der Waals surface area (Å²) in [4.78, 5) is 11.3. The summed E-state index contributed by atoms with van der Waals surface area (Å²) in [6.07, 6.45) is 1.51. The fourth-order valence-corrected chi connectivity index (χ4v) is 3.09. The molecule has 1 heterocycles. The molecule has 122 valence electrons. The van der Waals surface area contributed by atoms with Crippen LogP contribution in [0, 0.1) is 5.41 Å². The molecule has 0 aliphatic carbocycles. The smallest absolute Gasteiger partial charge is 0.252 e. The standard InChI is InChI=1S/C14H13Cl2N3O3S/c15-10-4-11(14(18)20)13(17)19(6-10)5-8-1-2-12(16)9(3-8)7-23(21)22/h1-4,6,17H,5,7H2,(H2,18,20)(H,21,22). The van der Waals surface area contributed by atoms with E-state index < -0.39 is 17.0 Å². The number of carbonyl (C=O) groups excluding carboxylic acids is 1. The highest BCUT2D eigenvalue weighted by Gasteiger charge is 2.10. The fraction of sp³-hybridized carbons (Fsp3) is 0.143. The SMILES string of the molecule is N=c1c(C(N)=O)cc(Cl)cn1Cc1ccc(Cl)c(CS(=O)O)c1. The molecule has 4 N–H and O–H groups in total. The van der Waals surface area contributed by atoms with Gasteiger partial charge in [-0.1, -0.05) is 35.3 Å². The summed E-state index contributed by atoms with van der Waals surface area (Å²) in [6, 6.07) is 6.35. The van der Waals surface area contributed by atoms with E-state index in [1.807, 2.05) is 0 Å². The summed E-state index contributed by atoms with van der Waals surface area (Å²) >= 11 is 9.94. The van der Waals surface area contributed by atoms with Gasteiger partial charge in [-0.25, -0.2) is 4.21 Å². The molecule has 0 fully saturated rings. The molecule has 1 amide bonds. The van der Waals surface area contributed by atoms with Gasteiger partial charge in [-0.2, -0.15) is 0 Å². The summed E-state index contributed by atoms with van der Waals surface area (Å²) < 4.78 is 21.4. The van der Waals surface area contributed by atoms with Gasteiger partial charge in [-0.15, -0.1) is 0 Å². The van der Waals surface area contributed by atoms with Crippen molar-refractivity contribution in [2.75, 3.05) is 0 Å². The molecule has 0 radical (unpaired) electrons. The number of amides is 1. The predicted molar refractivity (Wildman–Crippen MR) is 88.8 cm³/mol. The first kappa shape index (κ1) is 17.7. The molecule has 2 rings (SSSR count). The summed E-state index contributed by atoms with van der Waals surface area (Å²) in [6.45, 7) is 0.238. The molecule has 23 heavy (non-hydrogen) atoms. The first-order valence-electron chi connectivity index (χ1n) is 6.37. The van der Waals surface area contributed by atoms with Gasteiger partial charge < -0.3 is 14.9 Å². The lowest BCUT2D eigenvalue weighted by molar-refractivity contribution is 0.0997. The van der Waals surface area contributed by atoms with Crippen LogP contribution in [-0.2, 0) is 23.4 Å². The largest absolute Gasteiger partial charge is 0.365 e. The Morgan fingerprint density at radius 1 is 1.35 bits per heavy atom. The average Bonchev–Trinajstić information content (AvgIpc) is 2.45. The first-order chi connectivity index (χ1) is 10.8. The van der Waals surface area contributed by atoms with Crippen LogP contribution in [0.25, 0.3) is 0 Å². The third kappa shape index (κ3) is 4.42. The second-order valence-corrected chi connectivity index (χ2v) is 6.58. The van der Waals surface area contributed by atoms with E-state index in [4.69, 9.17) is 38.9 Å². The zero-order valence-corrected chi connectivity index (χ0v) is 14.1. The molecule has 1 aromatic carbocycles. The third-order valence-electron chi connectivity index (χ3n) is 3.11. The van der Waals surface area contributed by atoms with Crippen molar-refractivity contribution in [3.05, 3.63) is 62.7 Å². The van der Waals surface area contributed by atoms with E-state index in [9.17, 15) is 9.00 Å². The van der Waals surface area contributed by atoms with E-state index in [1.165, 1.54) is 16.8 Å². The number of nitrogens with two attached hydrogens (primary N) is 1. The van der Waals surface area contributed by atoms with Crippen molar-refractivity contribution in [3.63, 3.8) is 0 Å². The lowest BCUT2D eigenvalue weighted by atomic mass is 10.1. The molecule has 0 bridgehead atoms. The van der Waals surface area contributed by atoms with Gasteiger partial charge in [-0.3, -0.25) is 10.2 Å². The van der Waals surface area contributed by atoms with E-state index in [2.05, 4.69) is 0 Å². The summed E-state index contributed by atoms with van der Waals surface area (Å²) in [5, 5.41) is 8.68. The van der Waals surface area contributed by atoms with Gasteiger partial charge in [0.15, 0.2) is 11.1 Å². The fourth-order valence-electron chi connectivity index (χ4n) is 2.09. The van der Waals surface area contributed by atoms with Crippen LogP contribution in [0.1, 0.15) is 21.5 Å². The van der Waals surface area contributed by atoms with Crippen LogP contribution < -0.4 is 11.2 Å². The number of benzene rings is 1. The molecule has 0 aliphatic heterocycles. The Hall–Kier alpha value is -1.67. The van der Waals surface area contributed by atoms with Gasteiger partial charge in [0.05, 0.1) is 16.3 Å². The summed E-state index contributed by atoms with van der Waals surface area (Å²) in [7, 11) is 0. The highest BCUT2D eigenvalue weighted by molar-refractivity contribution is 7.78. The van der Waals surface area contributed by atoms with Gasteiger partial charge in [0.2, 0.25) is 0 Å². The predicted octanol–water partition coefficient (Wildman–Crippen LogP) is 2.14. The number of hydrogen-bond acceptors (Lipinski definition) is 3. The van der Waals surface area contributed by atoms with Crippen molar-refractivity contribution < 1.29 is 13.6 Å². The van der Waals surface area contributed by atoms with Crippen molar-refractivity contribution in [1.29, 1.82) is 5.41 Å². The number of hydrogen-bond donors (Lipinski definition) is 3. The second-order valence-electron chi connectivity index (χ2n) is 4.80. The Kier molecular flexibility index (Phi) is 5.59. The van der Waals surface area contributed by atoms with E-state index in [0.717, 1.165) is 5.56 Å². The van der Waals surface area contributed by atoms with Crippen LogP contribution in [0.3, 0.4) is 0 Å².